The van der Waals surface area contributed by atoms with Gasteiger partial charge in [-0.05, 0) is 49.1 Å². The van der Waals surface area contributed by atoms with Gasteiger partial charge < -0.3 is 5.32 Å². The molecule has 0 spiro atoms. The van der Waals surface area contributed by atoms with Gasteiger partial charge in [-0.25, -0.2) is 8.42 Å². The minimum atomic E-state index is -3.66. The first-order chi connectivity index (χ1) is 12.5. The van der Waals surface area contributed by atoms with Gasteiger partial charge in [-0.15, -0.1) is 22.7 Å². The summed E-state index contributed by atoms with van der Waals surface area (Å²) in [6.45, 7) is 0.338. The zero-order valence-electron chi connectivity index (χ0n) is 13.9. The molecular formula is C17H17N3O3S3. The molecule has 2 aromatic heterocycles. The Morgan fingerprint density at radius 3 is 2.92 bits per heavy atom. The standard InChI is InChI=1S/C17H17N3O3S3/c18-10-12-11-4-1-6-14(11)25-17(12)19-16(21)13-5-2-8-20(13)26(22,23)15-7-3-9-24-15/h3,7,9,13H,1-2,4-6,8H2,(H,19,21). The molecule has 0 saturated carbocycles. The second kappa shape index (κ2) is 6.78. The van der Waals surface area contributed by atoms with Crippen LogP contribution in [0.4, 0.5) is 5.00 Å². The van der Waals surface area contributed by atoms with Crippen molar-refractivity contribution < 1.29 is 13.2 Å². The topological polar surface area (TPSA) is 90.3 Å². The number of amides is 1. The average Bonchev–Trinajstić information content (AvgIpc) is 3.37. The molecular weight excluding hydrogens is 390 g/mol. The van der Waals surface area contributed by atoms with Gasteiger partial charge >= 0.3 is 0 Å². The molecule has 1 N–H and O–H groups in total. The lowest BCUT2D eigenvalue weighted by molar-refractivity contribution is -0.119. The van der Waals surface area contributed by atoms with Gasteiger partial charge in [0.15, 0.2) is 0 Å². The molecule has 1 aliphatic carbocycles. The van der Waals surface area contributed by atoms with Crippen LogP contribution in [0.2, 0.25) is 0 Å². The van der Waals surface area contributed by atoms with E-state index in [1.807, 2.05) is 0 Å². The first-order valence-electron chi connectivity index (χ1n) is 8.43. The lowest BCUT2D eigenvalue weighted by atomic mass is 10.1. The summed E-state index contributed by atoms with van der Waals surface area (Å²) in [4.78, 5) is 14.0. The van der Waals surface area contributed by atoms with Crippen LogP contribution >= 0.6 is 22.7 Å². The molecule has 1 saturated heterocycles. The number of nitrogens with zero attached hydrogens (tertiary/aromatic N) is 2. The number of thiophene rings is 2. The summed E-state index contributed by atoms with van der Waals surface area (Å²) < 4.78 is 27.2. The fourth-order valence-corrected chi connectivity index (χ4v) is 7.64. The van der Waals surface area contributed by atoms with E-state index in [9.17, 15) is 18.5 Å². The maximum absolute atomic E-state index is 12.8. The van der Waals surface area contributed by atoms with E-state index in [0.717, 1.165) is 41.0 Å². The third-order valence-electron chi connectivity index (χ3n) is 4.83. The highest BCUT2D eigenvalue weighted by atomic mass is 32.2. The van der Waals surface area contributed by atoms with Crippen molar-refractivity contribution in [2.24, 2.45) is 0 Å². The van der Waals surface area contributed by atoms with Crippen LogP contribution < -0.4 is 5.32 Å². The van der Waals surface area contributed by atoms with Crippen LogP contribution in [-0.4, -0.2) is 31.2 Å². The highest BCUT2D eigenvalue weighted by molar-refractivity contribution is 7.91. The van der Waals surface area contributed by atoms with Crippen LogP contribution in [-0.2, 0) is 27.7 Å². The van der Waals surface area contributed by atoms with Crippen LogP contribution in [0.3, 0.4) is 0 Å². The Morgan fingerprint density at radius 2 is 2.19 bits per heavy atom. The van der Waals surface area contributed by atoms with E-state index in [1.165, 1.54) is 15.6 Å². The zero-order valence-corrected chi connectivity index (χ0v) is 16.3. The van der Waals surface area contributed by atoms with Crippen LogP contribution in [0, 0.1) is 11.3 Å². The third kappa shape index (κ3) is 2.87. The quantitative estimate of drug-likeness (QED) is 0.844. The average molecular weight is 408 g/mol. The summed E-state index contributed by atoms with van der Waals surface area (Å²) in [6.07, 6.45) is 3.98. The Hall–Kier alpha value is -1.73. The Bertz CT molecular complexity index is 987. The number of nitriles is 1. The summed E-state index contributed by atoms with van der Waals surface area (Å²) in [7, 11) is -3.66. The van der Waals surface area contributed by atoms with Crippen molar-refractivity contribution in [3.63, 3.8) is 0 Å². The van der Waals surface area contributed by atoms with E-state index in [4.69, 9.17) is 0 Å². The molecule has 4 rings (SSSR count). The van der Waals surface area contributed by atoms with Gasteiger partial charge in [-0.3, -0.25) is 4.79 Å². The maximum atomic E-state index is 12.8. The van der Waals surface area contributed by atoms with Gasteiger partial charge in [-0.2, -0.15) is 9.57 Å². The van der Waals surface area contributed by atoms with E-state index in [0.29, 0.717) is 30.0 Å². The van der Waals surface area contributed by atoms with E-state index in [2.05, 4.69) is 11.4 Å². The molecule has 2 aliphatic rings. The molecule has 0 radical (unpaired) electrons. The first-order valence-corrected chi connectivity index (χ1v) is 11.6. The number of hydrogen-bond donors (Lipinski definition) is 1. The lowest BCUT2D eigenvalue weighted by Gasteiger charge is -2.22. The molecule has 0 bridgehead atoms. The van der Waals surface area contributed by atoms with Crippen molar-refractivity contribution in [1.29, 1.82) is 5.26 Å². The monoisotopic (exact) mass is 407 g/mol. The minimum Gasteiger partial charge on any atom is -0.315 e. The van der Waals surface area contributed by atoms with Crippen molar-refractivity contribution >= 4 is 43.6 Å². The molecule has 6 nitrogen and oxygen atoms in total. The number of sulfonamides is 1. The number of anilines is 1. The van der Waals surface area contributed by atoms with Crippen molar-refractivity contribution in [1.82, 2.24) is 4.31 Å². The van der Waals surface area contributed by atoms with Crippen LogP contribution in [0.1, 0.15) is 35.3 Å². The Morgan fingerprint density at radius 1 is 1.35 bits per heavy atom. The molecule has 1 aliphatic heterocycles. The summed E-state index contributed by atoms with van der Waals surface area (Å²) in [6, 6.07) is 4.72. The van der Waals surface area contributed by atoms with Crippen molar-refractivity contribution in [3.05, 3.63) is 33.5 Å². The first kappa shape index (κ1) is 17.7. The molecule has 2 aromatic rings. The predicted molar refractivity (Wildman–Crippen MR) is 101 cm³/mol. The molecule has 3 heterocycles. The predicted octanol–water partition coefficient (Wildman–Crippen LogP) is 2.96. The van der Waals surface area contributed by atoms with Crippen LogP contribution in [0.5, 0.6) is 0 Å². The van der Waals surface area contributed by atoms with Crippen LogP contribution in [0.15, 0.2) is 21.7 Å². The molecule has 1 unspecified atom stereocenters. The Kier molecular flexibility index (Phi) is 4.61. The molecule has 1 atom stereocenters. The minimum absolute atomic E-state index is 0.255. The highest BCUT2D eigenvalue weighted by Gasteiger charge is 2.40. The smallest absolute Gasteiger partial charge is 0.253 e. The summed E-state index contributed by atoms with van der Waals surface area (Å²) in [5, 5.41) is 14.6. The van der Waals surface area contributed by atoms with Gasteiger partial charge in [0.25, 0.3) is 10.0 Å². The molecule has 0 aromatic carbocycles. The fourth-order valence-electron chi connectivity index (χ4n) is 3.62. The summed E-state index contributed by atoms with van der Waals surface area (Å²) in [5.74, 6) is -0.348. The zero-order chi connectivity index (χ0) is 18.3. The Labute approximate surface area is 160 Å². The van der Waals surface area contributed by atoms with Crippen molar-refractivity contribution in [2.45, 2.75) is 42.4 Å². The summed E-state index contributed by atoms with van der Waals surface area (Å²) in [5.41, 5.74) is 1.59. The lowest BCUT2D eigenvalue weighted by Crippen LogP contribution is -2.42. The van der Waals surface area contributed by atoms with E-state index >= 15 is 0 Å². The number of hydrogen-bond acceptors (Lipinski definition) is 6. The number of carbonyl (C=O) groups excluding carboxylic acids is 1. The van der Waals surface area contributed by atoms with Gasteiger partial charge in [0, 0.05) is 11.4 Å². The largest absolute Gasteiger partial charge is 0.315 e. The van der Waals surface area contributed by atoms with Crippen molar-refractivity contribution in [3.8, 4) is 6.07 Å². The second-order valence-corrected chi connectivity index (χ2v) is 10.5. The molecule has 9 heteroatoms. The van der Waals surface area contributed by atoms with Gasteiger partial charge in [0.1, 0.15) is 21.3 Å². The molecule has 26 heavy (non-hydrogen) atoms. The SMILES string of the molecule is N#Cc1c(NC(=O)C2CCCN2S(=O)(=O)c2cccs2)sc2c1CCC2. The van der Waals surface area contributed by atoms with Crippen LogP contribution in [0.25, 0.3) is 0 Å². The van der Waals surface area contributed by atoms with E-state index in [-0.39, 0.29) is 10.1 Å². The van der Waals surface area contributed by atoms with Gasteiger partial charge in [0.05, 0.1) is 5.56 Å². The van der Waals surface area contributed by atoms with E-state index in [1.54, 1.807) is 17.5 Å². The number of carbonyl (C=O) groups is 1. The highest BCUT2D eigenvalue weighted by Crippen LogP contribution is 2.39. The third-order valence-corrected chi connectivity index (χ3v) is 9.32. The number of fused-ring (bicyclic) bond motifs is 1. The molecule has 1 amide bonds. The van der Waals surface area contributed by atoms with E-state index < -0.39 is 16.1 Å². The molecule has 136 valence electrons. The fraction of sp³-hybridized carbons (Fsp3) is 0.412. The van der Waals surface area contributed by atoms with Gasteiger partial charge in [0.2, 0.25) is 5.91 Å². The second-order valence-electron chi connectivity index (χ2n) is 6.37. The number of rotatable bonds is 4. The molecule has 1 fully saturated rings. The van der Waals surface area contributed by atoms with Crippen molar-refractivity contribution in [2.75, 3.05) is 11.9 Å². The number of nitrogens with one attached hydrogen (secondary N) is 1. The normalized spacial score (nSPS) is 20.0. The maximum Gasteiger partial charge on any atom is 0.253 e. The number of aryl methyl sites for hydroxylation is 1. The van der Waals surface area contributed by atoms with Gasteiger partial charge in [-0.1, -0.05) is 6.07 Å². The summed E-state index contributed by atoms with van der Waals surface area (Å²) >= 11 is 2.60. The Balaban J connectivity index is 1.58.